The molecule has 1 amide bonds. The van der Waals surface area contributed by atoms with E-state index in [1.165, 1.54) is 18.2 Å². The number of nitrogens with zero attached hydrogens (tertiary/aromatic N) is 3. The van der Waals surface area contributed by atoms with Gasteiger partial charge in [-0.15, -0.1) is 0 Å². The lowest BCUT2D eigenvalue weighted by atomic mass is 10.1. The summed E-state index contributed by atoms with van der Waals surface area (Å²) in [5.41, 5.74) is 1.62. The Labute approximate surface area is 162 Å². The molecule has 2 aromatic heterocycles. The highest BCUT2D eigenvalue weighted by Gasteiger charge is 2.38. The monoisotopic (exact) mass is 396 g/mol. The third-order valence-corrected chi connectivity index (χ3v) is 4.21. The van der Waals surface area contributed by atoms with E-state index in [0.29, 0.717) is 11.3 Å². The van der Waals surface area contributed by atoms with Crippen LogP contribution in [0.2, 0.25) is 0 Å². The van der Waals surface area contributed by atoms with Gasteiger partial charge >= 0.3 is 6.18 Å². The van der Waals surface area contributed by atoms with Crippen molar-refractivity contribution in [3.05, 3.63) is 77.6 Å². The van der Waals surface area contributed by atoms with E-state index in [0.717, 1.165) is 11.8 Å². The van der Waals surface area contributed by atoms with Gasteiger partial charge in [0.05, 0.1) is 0 Å². The molecule has 0 atom stereocenters. The number of pyridine rings is 1. The first kappa shape index (κ1) is 18.5. The fraction of sp³-hybridized carbons (Fsp3) is 0.0500. The molecule has 144 valence electrons. The molecule has 0 unspecified atom stereocenters. The molecule has 4 rings (SSSR count). The van der Waals surface area contributed by atoms with Gasteiger partial charge in [-0.25, -0.2) is 9.97 Å². The number of anilines is 1. The molecule has 0 aliphatic heterocycles. The average Bonchev–Trinajstić information content (AvgIpc) is 2.98. The van der Waals surface area contributed by atoms with Gasteiger partial charge in [-0.1, -0.05) is 6.07 Å². The summed E-state index contributed by atoms with van der Waals surface area (Å²) in [6.07, 6.45) is 2.34. The maximum atomic E-state index is 12.8. The lowest BCUT2D eigenvalue weighted by Crippen LogP contribution is -2.13. The van der Waals surface area contributed by atoms with Crippen LogP contribution in [0.4, 0.5) is 18.9 Å². The number of benzene rings is 1. The first-order chi connectivity index (χ1) is 13.8. The van der Waals surface area contributed by atoms with Gasteiger partial charge in [0.25, 0.3) is 0 Å². The molecule has 2 heterocycles. The van der Waals surface area contributed by atoms with E-state index in [2.05, 4.69) is 20.3 Å². The molecule has 1 N–H and O–H groups in total. The number of amides is 1. The van der Waals surface area contributed by atoms with E-state index in [9.17, 15) is 22.8 Å². The minimum Gasteiger partial charge on any atom is -0.322 e. The van der Waals surface area contributed by atoms with E-state index in [-0.39, 0.29) is 16.8 Å². The molecule has 9 heteroatoms. The Bertz CT molecular complexity index is 1160. The molecule has 0 radical (unpaired) electrons. The van der Waals surface area contributed by atoms with Crippen molar-refractivity contribution < 1.29 is 22.8 Å². The normalized spacial score (nSPS) is 12.7. The number of carbonyl (C=O) groups is 2. The van der Waals surface area contributed by atoms with Gasteiger partial charge < -0.3 is 5.32 Å². The Hall–Kier alpha value is -3.88. The first-order valence-electron chi connectivity index (χ1n) is 8.35. The van der Waals surface area contributed by atoms with Gasteiger partial charge in [0.15, 0.2) is 0 Å². The van der Waals surface area contributed by atoms with E-state index in [4.69, 9.17) is 0 Å². The number of nitrogens with one attached hydrogen (secondary N) is 1. The van der Waals surface area contributed by atoms with Crippen molar-refractivity contribution in [3.63, 3.8) is 0 Å². The summed E-state index contributed by atoms with van der Waals surface area (Å²) in [5, 5.41) is 2.62. The summed E-state index contributed by atoms with van der Waals surface area (Å²) in [6.45, 7) is 0. The molecule has 1 aliphatic rings. The quantitative estimate of drug-likeness (QED) is 0.533. The van der Waals surface area contributed by atoms with Crippen molar-refractivity contribution in [2.24, 2.45) is 0 Å². The van der Waals surface area contributed by atoms with Crippen LogP contribution >= 0.6 is 0 Å². The number of alkyl halides is 3. The number of rotatable bonds is 3. The van der Waals surface area contributed by atoms with Crippen LogP contribution < -0.4 is 5.32 Å². The number of halogens is 3. The van der Waals surface area contributed by atoms with Gasteiger partial charge in [0.1, 0.15) is 5.69 Å². The van der Waals surface area contributed by atoms with Crippen LogP contribution in [0, 0.1) is 0 Å². The van der Waals surface area contributed by atoms with Crippen molar-refractivity contribution in [1.29, 1.82) is 0 Å². The third kappa shape index (κ3) is 3.62. The number of ketones is 1. The number of aromatic nitrogens is 3. The van der Waals surface area contributed by atoms with Crippen molar-refractivity contribution in [1.82, 2.24) is 15.0 Å². The average molecular weight is 396 g/mol. The van der Waals surface area contributed by atoms with Crippen LogP contribution in [0.1, 0.15) is 27.4 Å². The highest BCUT2D eigenvalue weighted by atomic mass is 19.4. The summed E-state index contributed by atoms with van der Waals surface area (Å²) in [4.78, 5) is 35.2. The second kappa shape index (κ2) is 6.93. The van der Waals surface area contributed by atoms with Crippen LogP contribution in [0.3, 0.4) is 0 Å². The lowest BCUT2D eigenvalue weighted by molar-refractivity contribution is -0.145. The van der Waals surface area contributed by atoms with Crippen molar-refractivity contribution in [2.45, 2.75) is 6.18 Å². The van der Waals surface area contributed by atoms with Crippen molar-refractivity contribution in [2.75, 3.05) is 5.32 Å². The van der Waals surface area contributed by atoms with Gasteiger partial charge in [0, 0.05) is 41.5 Å². The highest BCUT2D eigenvalue weighted by molar-refractivity contribution is 6.21. The second-order valence-corrected chi connectivity index (χ2v) is 6.15. The number of hydrogen-bond acceptors (Lipinski definition) is 5. The molecule has 0 spiro atoms. The largest absolute Gasteiger partial charge is 0.451 e. The zero-order chi connectivity index (χ0) is 20.6. The minimum absolute atomic E-state index is 0.157. The van der Waals surface area contributed by atoms with Gasteiger partial charge in [0.2, 0.25) is 17.5 Å². The molecule has 6 nitrogen and oxygen atoms in total. The summed E-state index contributed by atoms with van der Waals surface area (Å²) in [5.74, 6) is -2.44. The Kier molecular flexibility index (Phi) is 4.42. The van der Waals surface area contributed by atoms with E-state index < -0.39 is 23.7 Å². The minimum atomic E-state index is -4.75. The summed E-state index contributed by atoms with van der Waals surface area (Å²) >= 11 is 0. The number of fused-ring (bicyclic) bond motifs is 3. The Morgan fingerprint density at radius 1 is 1.03 bits per heavy atom. The lowest BCUT2D eigenvalue weighted by Gasteiger charge is -2.06. The van der Waals surface area contributed by atoms with Gasteiger partial charge in [-0.05, 0) is 41.5 Å². The molecule has 1 aliphatic carbocycles. The molecule has 0 saturated carbocycles. The zero-order valence-electron chi connectivity index (χ0n) is 14.6. The molecule has 0 bridgehead atoms. The van der Waals surface area contributed by atoms with E-state index >= 15 is 0 Å². The molecule has 29 heavy (non-hydrogen) atoms. The summed E-state index contributed by atoms with van der Waals surface area (Å²) in [6, 6.07) is 7.95. The molecular weight excluding hydrogens is 385 g/mol. The fourth-order valence-corrected chi connectivity index (χ4v) is 2.89. The topological polar surface area (TPSA) is 84.8 Å². The van der Waals surface area contributed by atoms with Crippen molar-refractivity contribution >= 4 is 23.5 Å². The third-order valence-electron chi connectivity index (χ3n) is 4.21. The zero-order valence-corrected chi connectivity index (χ0v) is 14.6. The van der Waals surface area contributed by atoms with E-state index in [1.54, 1.807) is 36.7 Å². The van der Waals surface area contributed by atoms with Crippen LogP contribution in [-0.2, 0) is 11.0 Å². The first-order valence-corrected chi connectivity index (χ1v) is 8.35. The predicted molar refractivity (Wildman–Crippen MR) is 97.8 cm³/mol. The molecular formula is C20H11F3N4O2. The maximum absolute atomic E-state index is 12.8. The van der Waals surface area contributed by atoms with Crippen molar-refractivity contribution in [3.8, 4) is 11.1 Å². The molecule has 0 fully saturated rings. The molecule has 3 aromatic rings. The van der Waals surface area contributed by atoms with Crippen LogP contribution in [0.15, 0.2) is 55.0 Å². The highest BCUT2D eigenvalue weighted by Crippen LogP contribution is 2.38. The van der Waals surface area contributed by atoms with Gasteiger partial charge in [-0.2, -0.15) is 13.2 Å². The van der Waals surface area contributed by atoms with Crippen LogP contribution in [0.25, 0.3) is 17.2 Å². The molecule has 1 aromatic carbocycles. The smallest absolute Gasteiger partial charge is 0.322 e. The SMILES string of the molecule is O=C(/C=C/c1ccncc1)Nc1ccc2c(c1)C(=O)c1nc(C(F)(F)F)ncc1-2. The fourth-order valence-electron chi connectivity index (χ4n) is 2.89. The summed E-state index contributed by atoms with van der Waals surface area (Å²) in [7, 11) is 0. The number of carbonyl (C=O) groups excluding carboxylic acids is 2. The summed E-state index contributed by atoms with van der Waals surface area (Å²) < 4.78 is 38.5. The van der Waals surface area contributed by atoms with Crippen LogP contribution in [0.5, 0.6) is 0 Å². The molecule has 0 saturated heterocycles. The number of hydrogen-bond donors (Lipinski definition) is 1. The second-order valence-electron chi connectivity index (χ2n) is 6.15. The maximum Gasteiger partial charge on any atom is 0.451 e. The van der Waals surface area contributed by atoms with Crippen LogP contribution in [-0.4, -0.2) is 26.6 Å². The standard InChI is InChI=1S/C20H11F3N4O2/c21-20(22,23)19-25-10-15-13-3-2-12(9-14(13)18(29)17(15)27-19)26-16(28)4-1-11-5-7-24-8-6-11/h1-10H,(H,26,28)/b4-1+. The van der Waals surface area contributed by atoms with E-state index in [1.807, 2.05) is 0 Å². The predicted octanol–water partition coefficient (Wildman–Crippen LogP) is 3.75. The Balaban J connectivity index is 1.57. The Morgan fingerprint density at radius 2 is 1.79 bits per heavy atom. The Morgan fingerprint density at radius 3 is 2.52 bits per heavy atom. The van der Waals surface area contributed by atoms with Gasteiger partial charge in [-0.3, -0.25) is 14.6 Å².